The first-order valence-electron chi connectivity index (χ1n) is 4.52. The van der Waals surface area contributed by atoms with Gasteiger partial charge in [-0.2, -0.15) is 5.54 Å². The molecule has 0 radical (unpaired) electrons. The summed E-state index contributed by atoms with van der Waals surface area (Å²) in [5.74, 6) is 0. The Balaban J connectivity index is 4.04. The quantitative estimate of drug-likeness (QED) is 0.455. The molecule has 0 aliphatic rings. The fourth-order valence-corrected chi connectivity index (χ4v) is 4.35. The van der Waals surface area contributed by atoms with Crippen LogP contribution >= 0.6 is 0 Å². The summed E-state index contributed by atoms with van der Waals surface area (Å²) in [4.78, 5) is 3.51. The Hall–Kier alpha value is 0.309. The van der Waals surface area contributed by atoms with Gasteiger partial charge in [-0.1, -0.05) is 44.1 Å². The molecular weight excluding hydrogens is 163 g/mol. The molecule has 0 bridgehead atoms. The highest BCUT2D eigenvalue weighted by molar-refractivity contribution is 6.85. The van der Waals surface area contributed by atoms with Crippen LogP contribution in [-0.4, -0.2) is 22.2 Å². The van der Waals surface area contributed by atoms with Crippen LogP contribution in [0.2, 0.25) is 30.2 Å². The topological polar surface area (TPSA) is 0 Å². The second-order valence-corrected chi connectivity index (χ2v) is 12.1. The first-order chi connectivity index (χ1) is 4.99. The van der Waals surface area contributed by atoms with E-state index >= 15 is 0 Å². The minimum Gasteiger partial charge on any atom is -0.212 e. The van der Waals surface area contributed by atoms with E-state index in [0.717, 1.165) is 0 Å². The van der Waals surface area contributed by atoms with Crippen molar-refractivity contribution in [3.05, 3.63) is 0 Å². The smallest absolute Gasteiger partial charge is 0.212 e. The van der Waals surface area contributed by atoms with Crippen molar-refractivity contribution in [2.24, 2.45) is 0 Å². The van der Waals surface area contributed by atoms with Gasteiger partial charge in [0.1, 0.15) is 8.07 Å². The van der Waals surface area contributed by atoms with Gasteiger partial charge in [-0.05, 0) is 0 Å². The summed E-state index contributed by atoms with van der Waals surface area (Å²) >= 11 is -0.618. The molecule has 0 saturated heterocycles. The molecule has 0 rings (SSSR count). The van der Waals surface area contributed by atoms with Crippen LogP contribution in [0.1, 0.15) is 13.8 Å². The summed E-state index contributed by atoms with van der Waals surface area (Å²) in [5.41, 5.74) is 3.47. The summed E-state index contributed by atoms with van der Waals surface area (Å²) in [6, 6.07) is 0. The van der Waals surface area contributed by atoms with Crippen molar-refractivity contribution in [3.8, 4) is 10.3 Å². The monoisotopic (exact) mass is 182 g/mol. The highest BCUT2D eigenvalue weighted by atomic mass is 28.3. The van der Waals surface area contributed by atoms with Crippen molar-refractivity contribution in [3.63, 3.8) is 0 Å². The molecule has 0 fully saturated rings. The Morgan fingerprint density at radius 3 is 1.82 bits per heavy atom. The fourth-order valence-electron chi connectivity index (χ4n) is 0.811. The maximum Gasteiger partial charge on any atom is 0.374 e. The summed E-state index contributed by atoms with van der Waals surface area (Å²) in [7, 11) is -1.08. The number of rotatable bonds is 2. The molecule has 0 spiro atoms. The summed E-state index contributed by atoms with van der Waals surface area (Å²) in [6.45, 7) is 11.5. The van der Waals surface area contributed by atoms with Crippen molar-refractivity contribution in [1.82, 2.24) is 0 Å². The lowest BCUT2D eigenvalue weighted by Crippen LogP contribution is -2.18. The predicted molar refractivity (Wildman–Crippen MR) is 57.8 cm³/mol. The first-order valence-corrected chi connectivity index (χ1v) is 10.2. The minimum absolute atomic E-state index is 0.618. The average molecular weight is 182 g/mol. The lowest BCUT2D eigenvalue weighted by atomic mass is 10.9. The third-order valence-corrected chi connectivity index (χ3v) is 5.34. The van der Waals surface area contributed by atoms with Crippen molar-refractivity contribution in [2.75, 3.05) is 0 Å². The molecule has 0 saturated carbocycles. The highest BCUT2D eigenvalue weighted by Gasteiger charge is 2.11. The van der Waals surface area contributed by atoms with Gasteiger partial charge in [-0.15, -0.1) is 0 Å². The largest absolute Gasteiger partial charge is 0.374 e. The normalized spacial score (nSPS) is 10.3. The van der Waals surface area contributed by atoms with Gasteiger partial charge in [-0.3, -0.25) is 0 Å². The van der Waals surface area contributed by atoms with Crippen molar-refractivity contribution < 1.29 is 0 Å². The highest BCUT2D eigenvalue weighted by Crippen LogP contribution is 2.00. The van der Waals surface area contributed by atoms with E-state index in [1.165, 1.54) is 10.6 Å². The van der Waals surface area contributed by atoms with E-state index < -0.39 is 22.2 Å². The van der Waals surface area contributed by atoms with Gasteiger partial charge < -0.3 is 0 Å². The Bertz CT molecular complexity index is 155. The maximum absolute atomic E-state index is 3.51. The van der Waals surface area contributed by atoms with Crippen LogP contribution in [-0.2, 0) is 0 Å². The molecule has 2 heteroatoms. The predicted octanol–water partition coefficient (Wildman–Crippen LogP) is 2.94. The minimum atomic E-state index is -1.08. The van der Waals surface area contributed by atoms with Crippen molar-refractivity contribution in [1.29, 1.82) is 0 Å². The molecule has 0 unspecified atom stereocenters. The zero-order valence-corrected chi connectivity index (χ0v) is 10.6. The van der Waals surface area contributed by atoms with E-state index in [-0.39, 0.29) is 0 Å². The van der Waals surface area contributed by atoms with Gasteiger partial charge in [0.25, 0.3) is 0 Å². The molecule has 0 nitrogen and oxygen atoms in total. The molecule has 0 aliphatic heterocycles. The van der Waals surface area contributed by atoms with Gasteiger partial charge in [-0.25, -0.2) is 4.78 Å². The molecule has 0 amide bonds. The summed E-state index contributed by atoms with van der Waals surface area (Å²) < 4.78 is 0. The van der Waals surface area contributed by atoms with Crippen molar-refractivity contribution >= 4 is 22.2 Å². The lowest BCUT2D eigenvalue weighted by molar-refractivity contribution is 1.34. The van der Waals surface area contributed by atoms with Gasteiger partial charge in [0, 0.05) is 0 Å². The number of hydrogen-bond acceptors (Lipinski definition) is 0. The van der Waals surface area contributed by atoms with Crippen LogP contribution in [0.25, 0.3) is 0 Å². The van der Waals surface area contributed by atoms with Gasteiger partial charge in [0.15, 0.2) is 0 Å². The van der Waals surface area contributed by atoms with Crippen LogP contribution in [0.5, 0.6) is 0 Å². The fraction of sp³-hybridized carbons (Fsp3) is 0.778. The molecule has 0 N–H and O–H groups in total. The second kappa shape index (κ2) is 5.04. The molecule has 0 aromatic carbocycles. The lowest BCUT2D eigenvalue weighted by Gasteiger charge is -2.04. The third kappa shape index (κ3) is 6.70. The average Bonchev–Trinajstić information content (AvgIpc) is 1.88. The summed E-state index contributed by atoms with van der Waals surface area (Å²) in [6.07, 6.45) is 0. The molecule has 62 valence electrons. The van der Waals surface area contributed by atoms with Crippen LogP contribution < -0.4 is 0 Å². The van der Waals surface area contributed by atoms with E-state index in [0.29, 0.717) is 0 Å². The Morgan fingerprint density at radius 1 is 1.09 bits per heavy atom. The molecule has 0 atom stereocenters. The van der Waals surface area contributed by atoms with Crippen LogP contribution in [0.15, 0.2) is 0 Å². The van der Waals surface area contributed by atoms with Crippen LogP contribution in [0.4, 0.5) is 0 Å². The molecular formula is C9H19AlSi. The zero-order valence-electron chi connectivity index (χ0n) is 8.49. The Kier molecular flexibility index (Phi) is 5.19. The molecule has 0 aromatic heterocycles. The third-order valence-electron chi connectivity index (χ3n) is 1.64. The molecule has 0 aromatic rings. The molecule has 0 heterocycles. The van der Waals surface area contributed by atoms with E-state index in [1.807, 2.05) is 0 Å². The van der Waals surface area contributed by atoms with Crippen molar-refractivity contribution in [2.45, 2.75) is 44.1 Å². The van der Waals surface area contributed by atoms with E-state index in [1.54, 1.807) is 0 Å². The van der Waals surface area contributed by atoms with Gasteiger partial charge in [0.2, 0.25) is 0 Å². The Labute approximate surface area is 76.8 Å². The van der Waals surface area contributed by atoms with Gasteiger partial charge >= 0.3 is 14.1 Å². The number of hydrogen-bond donors (Lipinski definition) is 0. The van der Waals surface area contributed by atoms with Crippen LogP contribution in [0, 0.1) is 10.3 Å². The molecule has 11 heavy (non-hydrogen) atoms. The molecule has 0 aliphatic carbocycles. The SMILES string of the molecule is C[CH2][Al]([C]#C[Si](C)(C)C)[CH2]C. The second-order valence-electron chi connectivity index (χ2n) is 4.03. The zero-order chi connectivity index (χ0) is 8.91. The first kappa shape index (κ1) is 11.3. The summed E-state index contributed by atoms with van der Waals surface area (Å²) in [5, 5.41) is 2.68. The van der Waals surface area contributed by atoms with E-state index in [9.17, 15) is 0 Å². The standard InChI is InChI=1S/C5H9Si.2C2H5.Al/c1-5-6(2,3)4;2*1-2;/h2-4H3;2*1H2,2H3;. The van der Waals surface area contributed by atoms with Gasteiger partial charge in [0.05, 0.1) is 0 Å². The van der Waals surface area contributed by atoms with Crippen LogP contribution in [0.3, 0.4) is 0 Å². The van der Waals surface area contributed by atoms with E-state index in [2.05, 4.69) is 43.8 Å². The maximum atomic E-state index is 3.51. The Morgan fingerprint density at radius 2 is 1.55 bits per heavy atom. The van der Waals surface area contributed by atoms with E-state index in [4.69, 9.17) is 0 Å².